The second-order valence-electron chi connectivity index (χ2n) is 9.93. The van der Waals surface area contributed by atoms with Gasteiger partial charge in [0, 0.05) is 25.2 Å². The average molecular weight is 642 g/mol. The summed E-state index contributed by atoms with van der Waals surface area (Å²) in [7, 11) is -3.75. The van der Waals surface area contributed by atoms with Crippen LogP contribution < -0.4 is 21.3 Å². The van der Waals surface area contributed by atoms with Crippen LogP contribution in [0, 0.1) is 0 Å². The molecule has 1 unspecified atom stereocenters. The maximum atomic E-state index is 13.4. The third-order valence-corrected chi connectivity index (χ3v) is 10.0. The number of rotatable bonds is 14. The van der Waals surface area contributed by atoms with Crippen molar-refractivity contribution in [3.05, 3.63) is 81.5 Å². The Hall–Kier alpha value is -3.52. The molecule has 0 bridgehead atoms. The zero-order valence-corrected chi connectivity index (χ0v) is 26.5. The van der Waals surface area contributed by atoms with Crippen molar-refractivity contribution in [2.75, 3.05) is 11.9 Å². The summed E-state index contributed by atoms with van der Waals surface area (Å²) in [5.74, 6) is -0.324. The Labute approximate surface area is 259 Å². The van der Waals surface area contributed by atoms with Crippen LogP contribution in [0.5, 0.6) is 0 Å². The molecule has 0 radical (unpaired) electrons. The molecule has 10 nitrogen and oxygen atoms in total. The van der Waals surface area contributed by atoms with Crippen LogP contribution >= 0.6 is 23.1 Å². The molecule has 4 rings (SSSR count). The number of sulfonamides is 1. The molecule has 4 N–H and O–H groups in total. The Balaban J connectivity index is 1.36. The zero-order valence-electron chi connectivity index (χ0n) is 24.0. The lowest BCUT2D eigenvalue weighted by atomic mass is 10.1. The molecular weight excluding hydrogens is 607 g/mol. The fraction of sp³-hybridized carbons (Fsp3) is 0.333. The minimum absolute atomic E-state index is 0.0378. The van der Waals surface area contributed by atoms with E-state index in [1.165, 1.54) is 40.8 Å². The number of aryl methyl sites for hydroxylation is 1. The summed E-state index contributed by atoms with van der Waals surface area (Å²) in [6.07, 6.45) is 2.59. The van der Waals surface area contributed by atoms with Gasteiger partial charge in [0.25, 0.3) is 5.56 Å². The van der Waals surface area contributed by atoms with Crippen molar-refractivity contribution in [1.82, 2.24) is 14.9 Å². The highest BCUT2D eigenvalue weighted by Gasteiger charge is 2.22. The summed E-state index contributed by atoms with van der Waals surface area (Å²) < 4.78 is 24.9. The van der Waals surface area contributed by atoms with Crippen molar-refractivity contribution in [1.29, 1.82) is 0 Å². The number of fused-ring (bicyclic) bond motifs is 1. The summed E-state index contributed by atoms with van der Waals surface area (Å²) in [6.45, 7) is 4.65. The van der Waals surface area contributed by atoms with E-state index in [4.69, 9.17) is 10.1 Å². The molecule has 4 aromatic rings. The normalized spacial score (nSPS) is 12.3. The summed E-state index contributed by atoms with van der Waals surface area (Å²) in [6, 6.07) is 15.7. The first-order valence-electron chi connectivity index (χ1n) is 14.0. The maximum absolute atomic E-state index is 13.4. The fourth-order valence-corrected chi connectivity index (χ4v) is 6.72. The second kappa shape index (κ2) is 14.8. The largest absolute Gasteiger partial charge is 0.356 e. The number of hydrogen-bond donors (Lipinski definition) is 3. The van der Waals surface area contributed by atoms with Crippen LogP contribution in [0.1, 0.15) is 44.2 Å². The molecule has 0 aliphatic rings. The predicted octanol–water partition coefficient (Wildman–Crippen LogP) is 4.32. The second-order valence-corrected chi connectivity index (χ2v) is 13.6. The van der Waals surface area contributed by atoms with Gasteiger partial charge in [-0.1, -0.05) is 49.9 Å². The standard InChI is InChI=1S/C30H35N5O5S3/c1-3-20-7-11-22(12-8-20)33-28(37)25(4-2)42-30-34-24-16-19-41-27(24)29(38)35(30)18-5-6-26(36)32-17-15-21-9-13-23(14-10-21)43(31,39)40/h7-14,16,19,25H,3-6,15,17-18H2,1-2H3,(H,32,36)(H,33,37)(H2,31,39,40). The third-order valence-electron chi connectivity index (χ3n) is 6.84. The van der Waals surface area contributed by atoms with Crippen LogP contribution in [0.15, 0.2) is 74.8 Å². The van der Waals surface area contributed by atoms with Crippen LogP contribution in [0.3, 0.4) is 0 Å². The van der Waals surface area contributed by atoms with Gasteiger partial charge in [-0.05, 0) is 72.5 Å². The summed E-state index contributed by atoms with van der Waals surface area (Å²) in [5.41, 5.74) is 3.17. The van der Waals surface area contributed by atoms with Gasteiger partial charge in [-0.2, -0.15) is 0 Å². The number of carbonyl (C=O) groups excluding carboxylic acids is 2. The number of thioether (sulfide) groups is 1. The van der Waals surface area contributed by atoms with Gasteiger partial charge in [0.2, 0.25) is 21.8 Å². The highest BCUT2D eigenvalue weighted by Crippen LogP contribution is 2.27. The van der Waals surface area contributed by atoms with Gasteiger partial charge in [0.05, 0.1) is 15.7 Å². The van der Waals surface area contributed by atoms with E-state index >= 15 is 0 Å². The van der Waals surface area contributed by atoms with E-state index in [9.17, 15) is 22.8 Å². The molecule has 0 aliphatic carbocycles. The Bertz CT molecular complexity index is 1730. The first-order chi connectivity index (χ1) is 20.6. The van der Waals surface area contributed by atoms with Crippen LogP contribution in [-0.2, 0) is 39.0 Å². The monoisotopic (exact) mass is 641 g/mol. The molecule has 43 heavy (non-hydrogen) atoms. The van der Waals surface area contributed by atoms with Gasteiger partial charge in [0.15, 0.2) is 5.16 Å². The van der Waals surface area contributed by atoms with Crippen LogP contribution in [-0.4, -0.2) is 41.6 Å². The van der Waals surface area contributed by atoms with E-state index in [0.29, 0.717) is 46.9 Å². The SMILES string of the molecule is CCc1ccc(NC(=O)C(CC)Sc2nc3ccsc3c(=O)n2CCCC(=O)NCCc2ccc(S(N)(=O)=O)cc2)cc1. The molecule has 2 aromatic carbocycles. The van der Waals surface area contributed by atoms with E-state index in [-0.39, 0.29) is 35.2 Å². The number of aromatic nitrogens is 2. The maximum Gasteiger partial charge on any atom is 0.272 e. The number of thiophene rings is 1. The fourth-order valence-electron chi connectivity index (χ4n) is 4.38. The number of nitrogens with zero attached hydrogens (tertiary/aromatic N) is 2. The van der Waals surface area contributed by atoms with Crippen LogP contribution in [0.4, 0.5) is 5.69 Å². The Morgan fingerprint density at radius 3 is 2.40 bits per heavy atom. The number of primary sulfonamides is 1. The van der Waals surface area contributed by atoms with Crippen LogP contribution in [0.25, 0.3) is 10.2 Å². The molecule has 228 valence electrons. The molecule has 0 aliphatic heterocycles. The quantitative estimate of drug-likeness (QED) is 0.137. The van der Waals surface area contributed by atoms with Crippen molar-refractivity contribution < 1.29 is 18.0 Å². The van der Waals surface area contributed by atoms with Gasteiger partial charge in [0.1, 0.15) is 4.70 Å². The number of nitrogens with two attached hydrogens (primary N) is 1. The van der Waals surface area contributed by atoms with Gasteiger partial charge < -0.3 is 10.6 Å². The smallest absolute Gasteiger partial charge is 0.272 e. The van der Waals surface area contributed by atoms with E-state index in [1.54, 1.807) is 22.8 Å². The number of hydrogen-bond acceptors (Lipinski definition) is 8. The third kappa shape index (κ3) is 8.75. The van der Waals surface area contributed by atoms with Gasteiger partial charge in [-0.3, -0.25) is 19.0 Å². The minimum Gasteiger partial charge on any atom is -0.356 e. The van der Waals surface area contributed by atoms with Gasteiger partial charge in [-0.15, -0.1) is 11.3 Å². The molecular formula is C30H35N5O5S3. The Morgan fingerprint density at radius 2 is 1.74 bits per heavy atom. The summed E-state index contributed by atoms with van der Waals surface area (Å²) in [5, 5.41) is 12.8. The first kappa shape index (κ1) is 32.4. The Morgan fingerprint density at radius 1 is 1.05 bits per heavy atom. The molecule has 0 saturated heterocycles. The average Bonchev–Trinajstić information content (AvgIpc) is 3.46. The molecule has 1 atom stereocenters. The number of amides is 2. The van der Waals surface area contributed by atoms with Gasteiger partial charge >= 0.3 is 0 Å². The van der Waals surface area contributed by atoms with E-state index in [2.05, 4.69) is 17.6 Å². The van der Waals surface area contributed by atoms with Gasteiger partial charge in [-0.25, -0.2) is 18.5 Å². The van der Waals surface area contributed by atoms with E-state index in [0.717, 1.165) is 12.0 Å². The lowest BCUT2D eigenvalue weighted by Gasteiger charge is -2.17. The molecule has 2 heterocycles. The van der Waals surface area contributed by atoms with Crippen molar-refractivity contribution >= 4 is 60.8 Å². The van der Waals surface area contributed by atoms with Crippen molar-refractivity contribution in [2.45, 2.75) is 67.8 Å². The number of carbonyl (C=O) groups is 2. The van der Waals surface area contributed by atoms with Crippen molar-refractivity contribution in [3.8, 4) is 0 Å². The number of benzene rings is 2. The molecule has 0 spiro atoms. The molecule has 0 saturated carbocycles. The lowest BCUT2D eigenvalue weighted by Crippen LogP contribution is -2.29. The predicted molar refractivity (Wildman–Crippen MR) is 172 cm³/mol. The minimum atomic E-state index is -3.75. The van der Waals surface area contributed by atoms with E-state index in [1.807, 2.05) is 36.6 Å². The lowest BCUT2D eigenvalue weighted by molar-refractivity contribution is -0.121. The van der Waals surface area contributed by atoms with E-state index < -0.39 is 15.3 Å². The first-order valence-corrected chi connectivity index (χ1v) is 17.3. The molecule has 13 heteroatoms. The number of nitrogens with one attached hydrogen (secondary N) is 2. The molecule has 2 amide bonds. The van der Waals surface area contributed by atoms with Crippen molar-refractivity contribution in [3.63, 3.8) is 0 Å². The molecule has 0 fully saturated rings. The highest BCUT2D eigenvalue weighted by atomic mass is 32.2. The number of anilines is 1. The van der Waals surface area contributed by atoms with Crippen molar-refractivity contribution in [2.24, 2.45) is 5.14 Å². The molecule has 2 aromatic heterocycles. The van der Waals surface area contributed by atoms with Crippen LogP contribution in [0.2, 0.25) is 0 Å². The summed E-state index contributed by atoms with van der Waals surface area (Å²) in [4.78, 5) is 43.8. The highest BCUT2D eigenvalue weighted by molar-refractivity contribution is 8.00. The Kier molecular flexibility index (Phi) is 11.1. The zero-order chi connectivity index (χ0) is 31.0. The topological polar surface area (TPSA) is 153 Å². The summed E-state index contributed by atoms with van der Waals surface area (Å²) >= 11 is 2.57.